The minimum absolute atomic E-state index is 0.119. The number of nitrogens with zero attached hydrogens (tertiary/aromatic N) is 2. The molecule has 0 radical (unpaired) electrons. The summed E-state index contributed by atoms with van der Waals surface area (Å²) in [6.45, 7) is 8.55. The fourth-order valence-corrected chi connectivity index (χ4v) is 2.30. The minimum atomic E-state index is -0.325. The molecule has 1 fully saturated rings. The zero-order valence-corrected chi connectivity index (χ0v) is 11.6. The van der Waals surface area contributed by atoms with E-state index in [9.17, 15) is 9.59 Å². The first kappa shape index (κ1) is 14.0. The lowest BCUT2D eigenvalue weighted by molar-refractivity contribution is -0.128. The van der Waals surface area contributed by atoms with Crippen molar-refractivity contribution in [1.29, 1.82) is 0 Å². The van der Waals surface area contributed by atoms with Gasteiger partial charge in [0.15, 0.2) is 0 Å². The van der Waals surface area contributed by atoms with Gasteiger partial charge in [0.25, 0.3) is 0 Å². The Bertz CT molecular complexity index is 337. The van der Waals surface area contributed by atoms with Crippen LogP contribution < -0.4 is 5.32 Å². The average Bonchev–Trinajstić information content (AvgIpc) is 2.27. The lowest BCUT2D eigenvalue weighted by atomic mass is 9.93. The van der Waals surface area contributed by atoms with Crippen LogP contribution in [0.3, 0.4) is 0 Å². The summed E-state index contributed by atoms with van der Waals surface area (Å²) in [6.07, 6.45) is 0.348. The van der Waals surface area contributed by atoms with E-state index < -0.39 is 0 Å². The molecule has 0 unspecified atom stereocenters. The molecule has 0 aliphatic carbocycles. The zero-order valence-electron chi connectivity index (χ0n) is 11.6. The molecule has 0 atom stereocenters. The molecule has 1 aliphatic rings. The van der Waals surface area contributed by atoms with Crippen molar-refractivity contribution in [3.8, 4) is 0 Å². The molecule has 17 heavy (non-hydrogen) atoms. The SMILES string of the molecule is CNC(=O)N1CC(C)(C)N(C)C(C)(C)CC1=O. The van der Waals surface area contributed by atoms with Gasteiger partial charge in [-0.05, 0) is 34.7 Å². The number of carbonyl (C=O) groups is 2. The van der Waals surface area contributed by atoms with E-state index in [2.05, 4.69) is 10.2 Å². The van der Waals surface area contributed by atoms with Crippen LogP contribution in [0.5, 0.6) is 0 Å². The standard InChI is InChI=1S/C12H23N3O2/c1-11(2)7-9(16)15(10(17)13-5)8-12(3,4)14(11)6/h7-8H2,1-6H3,(H,13,17). The summed E-state index contributed by atoms with van der Waals surface area (Å²) in [7, 11) is 3.54. The fourth-order valence-electron chi connectivity index (χ4n) is 2.30. The van der Waals surface area contributed by atoms with Crippen molar-refractivity contribution in [3.05, 3.63) is 0 Å². The van der Waals surface area contributed by atoms with Gasteiger partial charge in [0.2, 0.25) is 5.91 Å². The molecule has 5 nitrogen and oxygen atoms in total. The Morgan fingerprint density at radius 3 is 2.24 bits per heavy atom. The van der Waals surface area contributed by atoms with Gasteiger partial charge in [0, 0.05) is 31.1 Å². The number of carbonyl (C=O) groups excluding carboxylic acids is 2. The smallest absolute Gasteiger partial charge is 0.323 e. The van der Waals surface area contributed by atoms with Crippen LogP contribution in [0.4, 0.5) is 4.79 Å². The first-order chi connectivity index (χ1) is 7.62. The first-order valence-corrected chi connectivity index (χ1v) is 5.88. The van der Waals surface area contributed by atoms with Crippen molar-refractivity contribution in [2.75, 3.05) is 20.6 Å². The third-order valence-corrected chi connectivity index (χ3v) is 3.70. The van der Waals surface area contributed by atoms with E-state index in [1.807, 2.05) is 34.7 Å². The summed E-state index contributed by atoms with van der Waals surface area (Å²) >= 11 is 0. The van der Waals surface area contributed by atoms with E-state index in [1.54, 1.807) is 7.05 Å². The first-order valence-electron chi connectivity index (χ1n) is 5.88. The number of imide groups is 1. The van der Waals surface area contributed by atoms with Crippen LogP contribution in [0, 0.1) is 0 Å². The molecule has 0 bridgehead atoms. The summed E-state index contributed by atoms with van der Waals surface area (Å²) < 4.78 is 0. The topological polar surface area (TPSA) is 52.7 Å². The second-order valence-corrected chi connectivity index (χ2v) is 5.90. The molecule has 1 N–H and O–H groups in total. The highest BCUT2D eigenvalue weighted by Gasteiger charge is 2.43. The Kier molecular flexibility index (Phi) is 3.52. The van der Waals surface area contributed by atoms with Crippen LogP contribution in [-0.4, -0.2) is 53.5 Å². The highest BCUT2D eigenvalue weighted by molar-refractivity contribution is 5.95. The summed E-state index contributed by atoms with van der Waals surface area (Å²) in [5, 5.41) is 2.52. The maximum Gasteiger partial charge on any atom is 0.323 e. The van der Waals surface area contributed by atoms with Gasteiger partial charge in [0.1, 0.15) is 0 Å². The Balaban J connectivity index is 3.10. The van der Waals surface area contributed by atoms with Gasteiger partial charge >= 0.3 is 6.03 Å². The lowest BCUT2D eigenvalue weighted by Gasteiger charge is -2.43. The lowest BCUT2D eigenvalue weighted by Crippen LogP contribution is -2.55. The largest absolute Gasteiger partial charge is 0.341 e. The molecule has 0 aromatic heterocycles. The number of likely N-dealkylation sites (N-methyl/N-ethyl adjacent to an activating group) is 1. The van der Waals surface area contributed by atoms with Crippen molar-refractivity contribution in [1.82, 2.24) is 15.1 Å². The predicted molar refractivity (Wildman–Crippen MR) is 66.7 cm³/mol. The van der Waals surface area contributed by atoms with Crippen LogP contribution in [-0.2, 0) is 4.79 Å². The summed E-state index contributed by atoms with van der Waals surface area (Å²) in [4.78, 5) is 27.3. The van der Waals surface area contributed by atoms with Crippen LogP contribution in [0.2, 0.25) is 0 Å². The average molecular weight is 241 g/mol. The van der Waals surface area contributed by atoms with Crippen molar-refractivity contribution in [2.45, 2.75) is 45.2 Å². The van der Waals surface area contributed by atoms with Crippen LogP contribution in [0.15, 0.2) is 0 Å². The van der Waals surface area contributed by atoms with Gasteiger partial charge in [-0.2, -0.15) is 0 Å². The number of hydrogen-bond donors (Lipinski definition) is 1. The quantitative estimate of drug-likeness (QED) is 0.689. The zero-order chi connectivity index (χ0) is 13.4. The fraction of sp³-hybridized carbons (Fsp3) is 0.833. The van der Waals surface area contributed by atoms with Crippen LogP contribution >= 0.6 is 0 Å². The van der Waals surface area contributed by atoms with E-state index in [0.717, 1.165) is 0 Å². The molecule has 0 saturated carbocycles. The van der Waals surface area contributed by atoms with Crippen LogP contribution in [0.1, 0.15) is 34.1 Å². The van der Waals surface area contributed by atoms with Gasteiger partial charge in [-0.3, -0.25) is 14.6 Å². The molecule has 5 heteroatoms. The second-order valence-electron chi connectivity index (χ2n) is 5.90. The van der Waals surface area contributed by atoms with Gasteiger partial charge in [0.05, 0.1) is 0 Å². The molecule has 98 valence electrons. The number of nitrogens with one attached hydrogen (secondary N) is 1. The Labute approximate surface area is 103 Å². The maximum atomic E-state index is 12.1. The Morgan fingerprint density at radius 2 is 1.76 bits per heavy atom. The molecule has 1 saturated heterocycles. The summed E-state index contributed by atoms with van der Waals surface area (Å²) in [5.74, 6) is -0.119. The molecule has 1 heterocycles. The summed E-state index contributed by atoms with van der Waals surface area (Å²) in [5.41, 5.74) is -0.481. The highest BCUT2D eigenvalue weighted by atomic mass is 16.2. The molecule has 3 amide bonds. The third kappa shape index (κ3) is 2.60. The van der Waals surface area contributed by atoms with Crippen LogP contribution in [0.25, 0.3) is 0 Å². The monoisotopic (exact) mass is 241 g/mol. The van der Waals surface area contributed by atoms with Crippen molar-refractivity contribution in [2.24, 2.45) is 0 Å². The molecule has 0 spiro atoms. The number of hydrogen-bond acceptors (Lipinski definition) is 3. The Morgan fingerprint density at radius 1 is 1.24 bits per heavy atom. The predicted octanol–water partition coefficient (Wildman–Crippen LogP) is 1.05. The molecular formula is C12H23N3O2. The number of amides is 3. The highest BCUT2D eigenvalue weighted by Crippen LogP contribution is 2.31. The van der Waals surface area contributed by atoms with E-state index >= 15 is 0 Å². The van der Waals surface area contributed by atoms with Crippen molar-refractivity contribution < 1.29 is 9.59 Å². The van der Waals surface area contributed by atoms with Crippen molar-refractivity contribution >= 4 is 11.9 Å². The van der Waals surface area contributed by atoms with Gasteiger partial charge < -0.3 is 5.32 Å². The normalized spacial score (nSPS) is 24.4. The number of urea groups is 1. The molecule has 1 aliphatic heterocycles. The third-order valence-electron chi connectivity index (χ3n) is 3.70. The maximum absolute atomic E-state index is 12.1. The summed E-state index contributed by atoms with van der Waals surface area (Å²) in [6, 6.07) is -0.325. The second kappa shape index (κ2) is 4.29. The van der Waals surface area contributed by atoms with Gasteiger partial charge in [-0.25, -0.2) is 4.79 Å². The molecule has 1 rings (SSSR count). The minimum Gasteiger partial charge on any atom is -0.341 e. The van der Waals surface area contributed by atoms with Gasteiger partial charge in [-0.1, -0.05) is 0 Å². The Hall–Kier alpha value is -1.10. The molecule has 0 aromatic carbocycles. The molecular weight excluding hydrogens is 218 g/mol. The molecule has 0 aromatic rings. The van der Waals surface area contributed by atoms with Crippen molar-refractivity contribution in [3.63, 3.8) is 0 Å². The van der Waals surface area contributed by atoms with E-state index in [0.29, 0.717) is 13.0 Å². The van der Waals surface area contributed by atoms with Gasteiger partial charge in [-0.15, -0.1) is 0 Å². The van der Waals surface area contributed by atoms with E-state index in [4.69, 9.17) is 0 Å². The van der Waals surface area contributed by atoms with E-state index in [1.165, 1.54) is 4.90 Å². The number of rotatable bonds is 0. The van der Waals surface area contributed by atoms with E-state index in [-0.39, 0.29) is 23.0 Å².